The standard InChI is InChI=1S/C28H49NO4/c1-5-6-7-8-9-10-11-12-13-14-15-18-21-32-26-20-17-16-19-24(26)22-25(23-30)29-27(31)33-28(2,3)4/h16-17,19-20,25,30H,5-15,18,21-23H2,1-4H3,(H,29,31)/t25-/m0/s1. The molecule has 33 heavy (non-hydrogen) atoms. The van der Waals surface area contributed by atoms with Gasteiger partial charge in [0.05, 0.1) is 19.3 Å². The molecule has 1 atom stereocenters. The molecule has 0 unspecified atom stereocenters. The SMILES string of the molecule is CCCCCCCCCCCCCCOc1ccccc1C[C@@H](CO)NC(=O)OC(C)(C)C. The van der Waals surface area contributed by atoms with Crippen molar-refractivity contribution in [1.29, 1.82) is 0 Å². The first-order chi connectivity index (χ1) is 15.9. The van der Waals surface area contributed by atoms with E-state index in [1.807, 2.05) is 45.0 Å². The van der Waals surface area contributed by atoms with Crippen molar-refractivity contribution in [3.63, 3.8) is 0 Å². The van der Waals surface area contributed by atoms with Gasteiger partial charge in [-0.05, 0) is 45.2 Å². The van der Waals surface area contributed by atoms with Gasteiger partial charge in [0.25, 0.3) is 0 Å². The zero-order valence-corrected chi connectivity index (χ0v) is 21.7. The number of aliphatic hydroxyl groups excluding tert-OH is 1. The lowest BCUT2D eigenvalue weighted by Crippen LogP contribution is -2.42. The molecule has 1 amide bonds. The molecule has 0 fully saturated rings. The van der Waals surface area contributed by atoms with Crippen molar-refractivity contribution in [2.75, 3.05) is 13.2 Å². The first-order valence-electron chi connectivity index (χ1n) is 13.2. The van der Waals surface area contributed by atoms with Gasteiger partial charge in [0, 0.05) is 0 Å². The van der Waals surface area contributed by atoms with Crippen LogP contribution in [-0.2, 0) is 11.2 Å². The Morgan fingerprint density at radius 2 is 1.45 bits per heavy atom. The van der Waals surface area contributed by atoms with E-state index in [1.54, 1.807) is 0 Å². The summed E-state index contributed by atoms with van der Waals surface area (Å²) in [5, 5.41) is 12.5. The van der Waals surface area contributed by atoms with Gasteiger partial charge in [0.1, 0.15) is 11.4 Å². The fourth-order valence-electron chi connectivity index (χ4n) is 3.84. The maximum atomic E-state index is 12.0. The van der Waals surface area contributed by atoms with Gasteiger partial charge in [0.15, 0.2) is 0 Å². The zero-order chi connectivity index (χ0) is 24.4. The molecule has 0 bridgehead atoms. The molecule has 0 aromatic heterocycles. The summed E-state index contributed by atoms with van der Waals surface area (Å²) in [5.74, 6) is 0.824. The highest BCUT2D eigenvalue weighted by Crippen LogP contribution is 2.21. The molecule has 0 aliphatic carbocycles. The summed E-state index contributed by atoms with van der Waals surface area (Å²) in [5.41, 5.74) is 0.408. The second-order valence-corrected chi connectivity index (χ2v) is 10.1. The van der Waals surface area contributed by atoms with E-state index in [1.165, 1.54) is 70.6 Å². The lowest BCUT2D eigenvalue weighted by Gasteiger charge is -2.23. The third-order valence-electron chi connectivity index (χ3n) is 5.64. The Balaban J connectivity index is 2.24. The van der Waals surface area contributed by atoms with Crippen LogP contribution in [0.3, 0.4) is 0 Å². The highest BCUT2D eigenvalue weighted by molar-refractivity contribution is 5.68. The fraction of sp³-hybridized carbons (Fsp3) is 0.750. The van der Waals surface area contributed by atoms with Crippen LogP contribution >= 0.6 is 0 Å². The molecule has 0 aliphatic heterocycles. The van der Waals surface area contributed by atoms with Gasteiger partial charge in [-0.15, -0.1) is 0 Å². The van der Waals surface area contributed by atoms with Crippen LogP contribution in [0.4, 0.5) is 4.79 Å². The van der Waals surface area contributed by atoms with Crippen LogP contribution in [-0.4, -0.2) is 36.1 Å². The van der Waals surface area contributed by atoms with Gasteiger partial charge < -0.3 is 19.9 Å². The molecule has 190 valence electrons. The van der Waals surface area contributed by atoms with Gasteiger partial charge in [-0.1, -0.05) is 95.8 Å². The number of rotatable bonds is 18. The van der Waals surface area contributed by atoms with Crippen molar-refractivity contribution >= 4 is 6.09 Å². The Kier molecular flexibility index (Phi) is 15.7. The van der Waals surface area contributed by atoms with E-state index in [4.69, 9.17) is 9.47 Å². The van der Waals surface area contributed by atoms with Crippen LogP contribution < -0.4 is 10.1 Å². The lowest BCUT2D eigenvalue weighted by atomic mass is 10.0. The number of hydrogen-bond donors (Lipinski definition) is 2. The lowest BCUT2D eigenvalue weighted by molar-refractivity contribution is 0.0482. The van der Waals surface area contributed by atoms with E-state index in [0.717, 1.165) is 17.7 Å². The smallest absolute Gasteiger partial charge is 0.407 e. The Morgan fingerprint density at radius 3 is 2.00 bits per heavy atom. The van der Waals surface area contributed by atoms with Crippen LogP contribution in [0.1, 0.15) is 110 Å². The number of nitrogens with one attached hydrogen (secondary N) is 1. The largest absolute Gasteiger partial charge is 0.493 e. The third kappa shape index (κ3) is 15.7. The van der Waals surface area contributed by atoms with E-state index < -0.39 is 17.7 Å². The second-order valence-electron chi connectivity index (χ2n) is 10.1. The number of unbranched alkanes of at least 4 members (excludes halogenated alkanes) is 11. The number of amides is 1. The Morgan fingerprint density at radius 1 is 0.909 bits per heavy atom. The summed E-state index contributed by atoms with van der Waals surface area (Å²) in [7, 11) is 0. The fourth-order valence-corrected chi connectivity index (χ4v) is 3.84. The van der Waals surface area contributed by atoms with E-state index in [0.29, 0.717) is 13.0 Å². The van der Waals surface area contributed by atoms with Gasteiger partial charge in [-0.2, -0.15) is 0 Å². The van der Waals surface area contributed by atoms with Crippen LogP contribution in [0.5, 0.6) is 5.75 Å². The number of carbonyl (C=O) groups excluding carboxylic acids is 1. The number of carbonyl (C=O) groups is 1. The summed E-state index contributed by atoms with van der Waals surface area (Å²) < 4.78 is 11.3. The molecule has 0 saturated heterocycles. The zero-order valence-electron chi connectivity index (χ0n) is 21.7. The highest BCUT2D eigenvalue weighted by atomic mass is 16.6. The Bertz CT molecular complexity index is 627. The monoisotopic (exact) mass is 463 g/mol. The maximum Gasteiger partial charge on any atom is 0.407 e. The number of alkyl carbamates (subject to hydrolysis) is 1. The van der Waals surface area contributed by atoms with Crippen molar-refractivity contribution in [2.45, 2.75) is 123 Å². The molecule has 1 aromatic rings. The predicted molar refractivity (Wildman–Crippen MR) is 137 cm³/mol. The van der Waals surface area contributed by atoms with E-state index in [9.17, 15) is 9.90 Å². The van der Waals surface area contributed by atoms with Crippen molar-refractivity contribution in [3.05, 3.63) is 29.8 Å². The first kappa shape index (κ1) is 29.3. The average molecular weight is 464 g/mol. The van der Waals surface area contributed by atoms with Gasteiger partial charge in [-0.25, -0.2) is 4.79 Å². The minimum atomic E-state index is -0.570. The minimum Gasteiger partial charge on any atom is -0.493 e. The molecule has 1 aromatic carbocycles. The maximum absolute atomic E-state index is 12.0. The molecule has 2 N–H and O–H groups in total. The van der Waals surface area contributed by atoms with E-state index in [-0.39, 0.29) is 6.61 Å². The van der Waals surface area contributed by atoms with Crippen LogP contribution in [0.2, 0.25) is 0 Å². The van der Waals surface area contributed by atoms with Crippen molar-refractivity contribution < 1.29 is 19.4 Å². The molecule has 0 spiro atoms. The molecular weight excluding hydrogens is 414 g/mol. The number of benzene rings is 1. The van der Waals surface area contributed by atoms with Crippen LogP contribution in [0, 0.1) is 0 Å². The quantitative estimate of drug-likeness (QED) is 0.226. The number of aliphatic hydroxyl groups is 1. The van der Waals surface area contributed by atoms with Crippen LogP contribution in [0.15, 0.2) is 24.3 Å². The molecule has 0 radical (unpaired) electrons. The van der Waals surface area contributed by atoms with Crippen LogP contribution in [0.25, 0.3) is 0 Å². The summed E-state index contributed by atoms with van der Waals surface area (Å²) in [6.45, 7) is 8.25. The second kappa shape index (κ2) is 17.7. The normalized spacial score (nSPS) is 12.4. The summed E-state index contributed by atoms with van der Waals surface area (Å²) in [6.07, 6.45) is 15.8. The highest BCUT2D eigenvalue weighted by Gasteiger charge is 2.20. The van der Waals surface area contributed by atoms with Gasteiger partial charge in [0.2, 0.25) is 0 Å². The van der Waals surface area contributed by atoms with E-state index in [2.05, 4.69) is 12.2 Å². The molecule has 0 aliphatic rings. The van der Waals surface area contributed by atoms with Gasteiger partial charge in [-0.3, -0.25) is 0 Å². The van der Waals surface area contributed by atoms with Gasteiger partial charge >= 0.3 is 6.09 Å². The van der Waals surface area contributed by atoms with Crippen molar-refractivity contribution in [1.82, 2.24) is 5.32 Å². The minimum absolute atomic E-state index is 0.160. The average Bonchev–Trinajstić information content (AvgIpc) is 2.76. The molecular formula is C28H49NO4. The van der Waals surface area contributed by atoms with Crippen molar-refractivity contribution in [3.8, 4) is 5.75 Å². The Hall–Kier alpha value is -1.75. The number of para-hydroxylation sites is 1. The first-order valence-corrected chi connectivity index (χ1v) is 13.2. The predicted octanol–water partition coefficient (Wildman–Crippen LogP) is 7.19. The number of hydrogen-bond acceptors (Lipinski definition) is 4. The summed E-state index contributed by atoms with van der Waals surface area (Å²) in [6, 6.07) is 7.43. The number of ether oxygens (including phenoxy) is 2. The summed E-state index contributed by atoms with van der Waals surface area (Å²) >= 11 is 0. The summed E-state index contributed by atoms with van der Waals surface area (Å²) in [4.78, 5) is 12.0. The molecule has 1 rings (SSSR count). The molecule has 5 heteroatoms. The van der Waals surface area contributed by atoms with Crippen molar-refractivity contribution in [2.24, 2.45) is 0 Å². The molecule has 0 saturated carbocycles. The molecule has 0 heterocycles. The Labute approximate surface area is 202 Å². The van der Waals surface area contributed by atoms with E-state index >= 15 is 0 Å². The third-order valence-corrected chi connectivity index (χ3v) is 5.64. The topological polar surface area (TPSA) is 67.8 Å². The molecule has 5 nitrogen and oxygen atoms in total.